The zero-order valence-electron chi connectivity index (χ0n) is 12.1. The van der Waals surface area contributed by atoms with Crippen LogP contribution in [0.25, 0.3) is 0 Å². The molecule has 3 N–H and O–H groups in total. The van der Waals surface area contributed by atoms with Crippen LogP contribution in [0.4, 0.5) is 0 Å². The first kappa shape index (κ1) is 16.2. The molecule has 0 saturated carbocycles. The van der Waals surface area contributed by atoms with Crippen molar-refractivity contribution in [3.8, 4) is 0 Å². The second kappa shape index (κ2) is 7.22. The van der Waals surface area contributed by atoms with Crippen molar-refractivity contribution in [1.29, 1.82) is 0 Å². The van der Waals surface area contributed by atoms with Crippen LogP contribution in [0.1, 0.15) is 37.0 Å². The summed E-state index contributed by atoms with van der Waals surface area (Å²) in [4.78, 5) is 4.29. The topological polar surface area (TPSA) is 68.8 Å². The van der Waals surface area contributed by atoms with Crippen molar-refractivity contribution in [2.75, 3.05) is 0 Å². The van der Waals surface area contributed by atoms with Crippen LogP contribution in [-0.2, 0) is 19.4 Å². The first-order chi connectivity index (χ1) is 10.1. The molecule has 1 unspecified atom stereocenters. The minimum absolute atomic E-state index is 0.193. The third kappa shape index (κ3) is 3.74. The molecule has 0 spiro atoms. The van der Waals surface area contributed by atoms with Gasteiger partial charge in [0.2, 0.25) is 0 Å². The fraction of sp³-hybridized carbons (Fsp3) is 0.429. The van der Waals surface area contributed by atoms with Gasteiger partial charge in [0.25, 0.3) is 0 Å². The maximum atomic E-state index is 6.21. The summed E-state index contributed by atoms with van der Waals surface area (Å²) >= 11 is 12.1. The molecule has 0 radical (unpaired) electrons. The summed E-state index contributed by atoms with van der Waals surface area (Å²) in [6.45, 7) is 4.96. The van der Waals surface area contributed by atoms with Crippen LogP contribution in [-0.4, -0.2) is 14.8 Å². The molecule has 2 aromatic rings. The molecule has 0 aliphatic rings. The summed E-state index contributed by atoms with van der Waals surface area (Å²) in [6, 6.07) is 3.57. The molecule has 0 aliphatic heterocycles. The highest BCUT2D eigenvalue weighted by Crippen LogP contribution is 2.26. The minimum atomic E-state index is -0.193. The van der Waals surface area contributed by atoms with Crippen molar-refractivity contribution < 1.29 is 0 Å². The van der Waals surface area contributed by atoms with Gasteiger partial charge in [-0.15, -0.1) is 0 Å². The smallest absolute Gasteiger partial charge is 0.0777 e. The SMILES string of the molecule is CCc1cc(CC(NN)c2ncc(Cl)cc2Cl)n(CC)n1. The van der Waals surface area contributed by atoms with Crippen molar-refractivity contribution in [3.05, 3.63) is 45.5 Å². The Bertz CT molecular complexity index is 611. The van der Waals surface area contributed by atoms with Crippen molar-refractivity contribution in [2.45, 2.75) is 39.3 Å². The van der Waals surface area contributed by atoms with Gasteiger partial charge in [-0.3, -0.25) is 20.9 Å². The van der Waals surface area contributed by atoms with E-state index in [2.05, 4.69) is 35.4 Å². The highest BCUT2D eigenvalue weighted by Gasteiger charge is 2.18. The first-order valence-corrected chi connectivity index (χ1v) is 7.67. The van der Waals surface area contributed by atoms with E-state index in [1.54, 1.807) is 12.3 Å². The number of hydrazine groups is 1. The third-order valence-corrected chi connectivity index (χ3v) is 3.87. The van der Waals surface area contributed by atoms with E-state index in [1.807, 2.05) is 4.68 Å². The van der Waals surface area contributed by atoms with E-state index in [0.29, 0.717) is 22.2 Å². The van der Waals surface area contributed by atoms with Crippen LogP contribution in [0.3, 0.4) is 0 Å². The Morgan fingerprint density at radius 1 is 1.33 bits per heavy atom. The first-order valence-electron chi connectivity index (χ1n) is 6.91. The predicted octanol–water partition coefficient (Wildman–Crippen LogP) is 2.91. The number of hydrogen-bond acceptors (Lipinski definition) is 4. The Labute approximate surface area is 134 Å². The molecule has 21 heavy (non-hydrogen) atoms. The second-order valence-electron chi connectivity index (χ2n) is 4.74. The van der Waals surface area contributed by atoms with Gasteiger partial charge < -0.3 is 0 Å². The van der Waals surface area contributed by atoms with Crippen molar-refractivity contribution in [2.24, 2.45) is 5.84 Å². The van der Waals surface area contributed by atoms with Gasteiger partial charge in [-0.2, -0.15) is 5.10 Å². The quantitative estimate of drug-likeness (QED) is 0.632. The van der Waals surface area contributed by atoms with Gasteiger partial charge in [0.05, 0.1) is 27.5 Å². The minimum Gasteiger partial charge on any atom is -0.271 e. The number of aryl methyl sites for hydroxylation is 2. The highest BCUT2D eigenvalue weighted by molar-refractivity contribution is 6.34. The maximum absolute atomic E-state index is 6.21. The summed E-state index contributed by atoms with van der Waals surface area (Å²) in [5.74, 6) is 5.68. The molecule has 0 amide bonds. The van der Waals surface area contributed by atoms with Crippen molar-refractivity contribution in [1.82, 2.24) is 20.2 Å². The van der Waals surface area contributed by atoms with Gasteiger partial charge in [-0.1, -0.05) is 30.1 Å². The molecule has 2 rings (SSSR count). The van der Waals surface area contributed by atoms with Crippen molar-refractivity contribution >= 4 is 23.2 Å². The molecular weight excluding hydrogens is 309 g/mol. The van der Waals surface area contributed by atoms with E-state index in [-0.39, 0.29) is 6.04 Å². The molecule has 114 valence electrons. The number of nitrogens with one attached hydrogen (secondary N) is 1. The van der Waals surface area contributed by atoms with E-state index in [1.165, 1.54) is 0 Å². The lowest BCUT2D eigenvalue weighted by molar-refractivity contribution is 0.507. The molecule has 2 heterocycles. The predicted molar refractivity (Wildman–Crippen MR) is 85.3 cm³/mol. The largest absolute Gasteiger partial charge is 0.271 e. The Kier molecular flexibility index (Phi) is 5.58. The van der Waals surface area contributed by atoms with Crippen LogP contribution >= 0.6 is 23.2 Å². The van der Waals surface area contributed by atoms with Crippen molar-refractivity contribution in [3.63, 3.8) is 0 Å². The van der Waals surface area contributed by atoms with Crippen LogP contribution < -0.4 is 11.3 Å². The lowest BCUT2D eigenvalue weighted by atomic mass is 10.1. The van der Waals surface area contributed by atoms with Gasteiger partial charge in [-0.05, 0) is 25.5 Å². The van der Waals surface area contributed by atoms with E-state index in [9.17, 15) is 0 Å². The normalized spacial score (nSPS) is 12.6. The average Bonchev–Trinajstić information content (AvgIpc) is 2.87. The van der Waals surface area contributed by atoms with Crippen LogP contribution in [0.2, 0.25) is 10.0 Å². The zero-order chi connectivity index (χ0) is 15.4. The van der Waals surface area contributed by atoms with Gasteiger partial charge in [-0.25, -0.2) is 0 Å². The van der Waals surface area contributed by atoms with Crippen LogP contribution in [0.15, 0.2) is 18.3 Å². The third-order valence-electron chi connectivity index (χ3n) is 3.36. The fourth-order valence-corrected chi connectivity index (χ4v) is 2.76. The number of aromatic nitrogens is 3. The van der Waals surface area contributed by atoms with E-state index >= 15 is 0 Å². The standard InChI is InChI=1S/C14H19Cl2N5/c1-3-10-6-11(21(4-2)20-10)7-13(19-17)14-12(16)5-9(15)8-18-14/h5-6,8,13,19H,3-4,7,17H2,1-2H3. The Morgan fingerprint density at radius 2 is 2.10 bits per heavy atom. The summed E-state index contributed by atoms with van der Waals surface area (Å²) in [7, 11) is 0. The molecule has 0 aliphatic carbocycles. The number of hydrogen-bond donors (Lipinski definition) is 2. The van der Waals surface area contributed by atoms with E-state index in [0.717, 1.165) is 24.4 Å². The van der Waals surface area contributed by atoms with Gasteiger partial charge in [0.1, 0.15) is 0 Å². The van der Waals surface area contributed by atoms with Gasteiger partial charge in [0, 0.05) is 24.9 Å². The lowest BCUT2D eigenvalue weighted by Gasteiger charge is -2.17. The Hall–Kier alpha value is -1.14. The summed E-state index contributed by atoms with van der Waals surface area (Å²) < 4.78 is 1.98. The van der Waals surface area contributed by atoms with Crippen LogP contribution in [0, 0.1) is 0 Å². The lowest BCUT2D eigenvalue weighted by Crippen LogP contribution is -2.31. The summed E-state index contributed by atoms with van der Waals surface area (Å²) in [6.07, 6.45) is 3.13. The number of pyridine rings is 1. The highest BCUT2D eigenvalue weighted by atomic mass is 35.5. The molecule has 0 fully saturated rings. The summed E-state index contributed by atoms with van der Waals surface area (Å²) in [5.41, 5.74) is 5.63. The molecule has 1 atom stereocenters. The number of nitrogens with zero attached hydrogens (tertiary/aromatic N) is 3. The molecule has 0 aromatic carbocycles. The van der Waals surface area contributed by atoms with Gasteiger partial charge in [0.15, 0.2) is 0 Å². The molecule has 5 nitrogen and oxygen atoms in total. The van der Waals surface area contributed by atoms with E-state index in [4.69, 9.17) is 29.0 Å². The Balaban J connectivity index is 2.28. The summed E-state index contributed by atoms with van der Waals surface area (Å²) in [5, 5.41) is 5.55. The second-order valence-corrected chi connectivity index (χ2v) is 5.58. The maximum Gasteiger partial charge on any atom is 0.0777 e. The molecule has 0 saturated heterocycles. The van der Waals surface area contributed by atoms with Gasteiger partial charge >= 0.3 is 0 Å². The van der Waals surface area contributed by atoms with E-state index < -0.39 is 0 Å². The zero-order valence-corrected chi connectivity index (χ0v) is 13.6. The average molecular weight is 328 g/mol. The fourth-order valence-electron chi connectivity index (χ4n) is 2.25. The molecule has 2 aromatic heterocycles. The number of rotatable bonds is 6. The molecular formula is C14H19Cl2N5. The number of halogens is 2. The Morgan fingerprint density at radius 3 is 2.67 bits per heavy atom. The monoisotopic (exact) mass is 327 g/mol. The molecule has 7 heteroatoms. The van der Waals surface area contributed by atoms with Crippen LogP contribution in [0.5, 0.6) is 0 Å². The molecule has 0 bridgehead atoms. The number of nitrogens with two attached hydrogens (primary N) is 1.